The van der Waals surface area contributed by atoms with E-state index in [-0.39, 0.29) is 0 Å². The summed E-state index contributed by atoms with van der Waals surface area (Å²) in [6.45, 7) is 2.32. The summed E-state index contributed by atoms with van der Waals surface area (Å²) in [5.41, 5.74) is 0.784. The second-order valence-corrected chi connectivity index (χ2v) is 5.29. The minimum atomic E-state index is -0.553. The van der Waals surface area contributed by atoms with Crippen molar-refractivity contribution >= 4 is 11.3 Å². The quantitative estimate of drug-likeness (QED) is 0.879. The molecule has 19 heavy (non-hydrogen) atoms. The average molecular weight is 278 g/mol. The largest absolute Gasteiger partial charge is 0.497 e. The highest BCUT2D eigenvalue weighted by Gasteiger charge is 2.10. The van der Waals surface area contributed by atoms with Gasteiger partial charge in [0.2, 0.25) is 0 Å². The molecular formula is C15H18O3S. The first-order chi connectivity index (χ1) is 9.20. The van der Waals surface area contributed by atoms with Crippen LogP contribution in [-0.4, -0.2) is 18.8 Å². The fourth-order valence-corrected chi connectivity index (χ4v) is 2.52. The van der Waals surface area contributed by atoms with Crippen LogP contribution in [0.2, 0.25) is 0 Å². The van der Waals surface area contributed by atoms with Gasteiger partial charge in [-0.05, 0) is 30.5 Å². The van der Waals surface area contributed by atoms with Gasteiger partial charge in [0.05, 0.1) is 19.8 Å². The van der Waals surface area contributed by atoms with Crippen molar-refractivity contribution in [3.8, 4) is 11.5 Å². The Morgan fingerprint density at radius 1 is 1.32 bits per heavy atom. The molecule has 0 spiro atoms. The van der Waals surface area contributed by atoms with E-state index in [0.29, 0.717) is 12.4 Å². The van der Waals surface area contributed by atoms with Crippen LogP contribution < -0.4 is 9.47 Å². The van der Waals surface area contributed by atoms with Gasteiger partial charge in [-0.25, -0.2) is 0 Å². The van der Waals surface area contributed by atoms with E-state index in [1.54, 1.807) is 25.4 Å². The van der Waals surface area contributed by atoms with Gasteiger partial charge < -0.3 is 14.6 Å². The summed E-state index contributed by atoms with van der Waals surface area (Å²) in [4.78, 5) is 1.29. The Labute approximate surface area is 117 Å². The van der Waals surface area contributed by atoms with Crippen LogP contribution in [-0.2, 0) is 6.42 Å². The second kappa shape index (κ2) is 6.59. The number of aliphatic hydroxyl groups is 1. The van der Waals surface area contributed by atoms with Crippen LogP contribution in [0.25, 0.3) is 0 Å². The molecule has 0 bridgehead atoms. The molecule has 1 aromatic heterocycles. The van der Waals surface area contributed by atoms with Crippen molar-refractivity contribution in [3.63, 3.8) is 0 Å². The molecule has 0 unspecified atom stereocenters. The van der Waals surface area contributed by atoms with Crippen molar-refractivity contribution in [1.29, 1.82) is 0 Å². The lowest BCUT2D eigenvalue weighted by molar-refractivity contribution is 0.191. The van der Waals surface area contributed by atoms with Crippen molar-refractivity contribution in [2.75, 3.05) is 13.7 Å². The van der Waals surface area contributed by atoms with E-state index < -0.39 is 6.10 Å². The minimum absolute atomic E-state index is 0.553. The number of aliphatic hydroxyl groups excluding tert-OH is 1. The first-order valence-electron chi connectivity index (χ1n) is 6.22. The second-order valence-electron chi connectivity index (χ2n) is 4.26. The number of rotatable bonds is 6. The van der Waals surface area contributed by atoms with Gasteiger partial charge in [-0.3, -0.25) is 0 Å². The minimum Gasteiger partial charge on any atom is -0.497 e. The van der Waals surface area contributed by atoms with Gasteiger partial charge >= 0.3 is 0 Å². The Kier molecular flexibility index (Phi) is 4.82. The van der Waals surface area contributed by atoms with Crippen LogP contribution in [0, 0.1) is 0 Å². The molecule has 0 saturated heterocycles. The lowest BCUT2D eigenvalue weighted by atomic mass is 10.1. The van der Waals surface area contributed by atoms with E-state index in [0.717, 1.165) is 17.7 Å². The Hall–Kier alpha value is -1.52. The van der Waals surface area contributed by atoms with Crippen molar-refractivity contribution in [2.45, 2.75) is 19.4 Å². The fraction of sp³-hybridized carbons (Fsp3) is 0.333. The van der Waals surface area contributed by atoms with Gasteiger partial charge in [0.15, 0.2) is 0 Å². The molecule has 1 aromatic carbocycles. The summed E-state index contributed by atoms with van der Waals surface area (Å²) in [7, 11) is 1.62. The summed E-state index contributed by atoms with van der Waals surface area (Å²) < 4.78 is 11.0. The van der Waals surface area contributed by atoms with Crippen LogP contribution in [0.5, 0.6) is 11.5 Å². The van der Waals surface area contributed by atoms with Crippen molar-refractivity contribution in [2.24, 2.45) is 0 Å². The van der Waals surface area contributed by atoms with E-state index >= 15 is 0 Å². The number of hydrogen-bond donors (Lipinski definition) is 1. The highest BCUT2D eigenvalue weighted by molar-refractivity contribution is 7.09. The molecule has 0 aliphatic rings. The first kappa shape index (κ1) is 13.9. The molecule has 0 saturated carbocycles. The van der Waals surface area contributed by atoms with Gasteiger partial charge in [0.1, 0.15) is 11.5 Å². The molecule has 2 rings (SSSR count). The predicted octanol–water partition coefficient (Wildman–Crippen LogP) is 3.43. The van der Waals surface area contributed by atoms with Crippen LogP contribution in [0.1, 0.15) is 23.5 Å². The Bertz CT molecular complexity index is 506. The van der Waals surface area contributed by atoms with Crippen LogP contribution >= 0.6 is 11.3 Å². The molecule has 0 amide bonds. The molecule has 0 aliphatic carbocycles. The normalized spacial score (nSPS) is 12.2. The zero-order chi connectivity index (χ0) is 13.7. The summed E-state index contributed by atoms with van der Waals surface area (Å²) in [5, 5.41) is 11.8. The predicted molar refractivity (Wildman–Crippen MR) is 77.1 cm³/mol. The number of ether oxygens (including phenoxy) is 2. The summed E-state index contributed by atoms with van der Waals surface area (Å²) in [5.74, 6) is 1.42. The third-order valence-electron chi connectivity index (χ3n) is 2.86. The van der Waals surface area contributed by atoms with E-state index in [1.807, 2.05) is 24.3 Å². The standard InChI is InChI=1S/C15H18O3S/c1-11(16)14-6-5-12(17-2)10-15(14)18-8-7-13-4-3-9-19-13/h3-6,9-11,16H,7-8H2,1-2H3/t11-/m0/s1. The summed E-state index contributed by atoms with van der Waals surface area (Å²) in [6, 6.07) is 9.61. The number of thiophene rings is 1. The van der Waals surface area contributed by atoms with Crippen LogP contribution in [0.4, 0.5) is 0 Å². The third-order valence-corrected chi connectivity index (χ3v) is 3.79. The van der Waals surface area contributed by atoms with Crippen LogP contribution in [0.3, 0.4) is 0 Å². The van der Waals surface area contributed by atoms with Gasteiger partial charge in [-0.15, -0.1) is 11.3 Å². The molecule has 0 aliphatic heterocycles. The molecule has 0 radical (unpaired) electrons. The SMILES string of the molecule is COc1ccc([C@H](C)O)c(OCCc2cccs2)c1. The van der Waals surface area contributed by atoms with Gasteiger partial charge in [0.25, 0.3) is 0 Å². The maximum atomic E-state index is 9.73. The molecule has 1 N–H and O–H groups in total. The number of benzene rings is 1. The summed E-state index contributed by atoms with van der Waals surface area (Å²) in [6.07, 6.45) is 0.316. The molecule has 1 heterocycles. The van der Waals surface area contributed by atoms with Gasteiger partial charge in [0, 0.05) is 22.9 Å². The molecule has 102 valence electrons. The Morgan fingerprint density at radius 3 is 2.79 bits per heavy atom. The molecule has 1 atom stereocenters. The number of methoxy groups -OCH3 is 1. The monoisotopic (exact) mass is 278 g/mol. The van der Waals surface area contributed by atoms with Gasteiger partial charge in [-0.1, -0.05) is 6.07 Å². The number of hydrogen-bond acceptors (Lipinski definition) is 4. The Balaban J connectivity index is 2.04. The maximum Gasteiger partial charge on any atom is 0.128 e. The fourth-order valence-electron chi connectivity index (χ4n) is 1.83. The Morgan fingerprint density at radius 2 is 2.16 bits per heavy atom. The summed E-state index contributed by atoms with van der Waals surface area (Å²) >= 11 is 1.72. The van der Waals surface area contributed by atoms with Crippen molar-refractivity contribution < 1.29 is 14.6 Å². The first-order valence-corrected chi connectivity index (χ1v) is 7.10. The zero-order valence-corrected chi connectivity index (χ0v) is 11.9. The molecular weight excluding hydrogens is 260 g/mol. The molecule has 4 heteroatoms. The van der Waals surface area contributed by atoms with E-state index in [4.69, 9.17) is 9.47 Å². The maximum absolute atomic E-state index is 9.73. The highest BCUT2D eigenvalue weighted by atomic mass is 32.1. The smallest absolute Gasteiger partial charge is 0.128 e. The van der Waals surface area contributed by atoms with Gasteiger partial charge in [-0.2, -0.15) is 0 Å². The van der Waals surface area contributed by atoms with E-state index in [2.05, 4.69) is 11.4 Å². The van der Waals surface area contributed by atoms with Crippen molar-refractivity contribution in [3.05, 3.63) is 46.2 Å². The van der Waals surface area contributed by atoms with Crippen molar-refractivity contribution in [1.82, 2.24) is 0 Å². The van der Waals surface area contributed by atoms with E-state index in [9.17, 15) is 5.11 Å². The third kappa shape index (κ3) is 3.72. The average Bonchev–Trinajstić information content (AvgIpc) is 2.91. The molecule has 3 nitrogen and oxygen atoms in total. The lowest BCUT2D eigenvalue weighted by Crippen LogP contribution is -2.04. The zero-order valence-electron chi connectivity index (χ0n) is 11.1. The highest BCUT2D eigenvalue weighted by Crippen LogP contribution is 2.29. The lowest BCUT2D eigenvalue weighted by Gasteiger charge is -2.14. The van der Waals surface area contributed by atoms with E-state index in [1.165, 1.54) is 4.88 Å². The molecule has 0 fully saturated rings. The topological polar surface area (TPSA) is 38.7 Å². The van der Waals surface area contributed by atoms with Crippen LogP contribution in [0.15, 0.2) is 35.7 Å². The molecule has 2 aromatic rings.